The molecule has 0 radical (unpaired) electrons. The van der Waals surface area contributed by atoms with E-state index in [-0.39, 0.29) is 18.6 Å². The molecule has 0 aromatic heterocycles. The van der Waals surface area contributed by atoms with Gasteiger partial charge in [-0.15, -0.1) is 0 Å². The zero-order valence-corrected chi connectivity index (χ0v) is 12.8. The lowest BCUT2D eigenvalue weighted by Gasteiger charge is -2.26. The van der Waals surface area contributed by atoms with E-state index in [1.165, 1.54) is 5.56 Å². The maximum absolute atomic E-state index is 9.82. The standard InChI is InChI=1S/C19H23NO2/c21-15-18-14-20(13-16-7-3-1-4-8-16)11-12-22-19(18)17-9-5-2-6-10-17/h1-10,18-19,21H,11-15H2/t18-,19?/m1/s1. The Hall–Kier alpha value is -1.68. The van der Waals surface area contributed by atoms with Crippen LogP contribution in [0, 0.1) is 5.92 Å². The molecule has 2 aromatic carbocycles. The smallest absolute Gasteiger partial charge is 0.0887 e. The first-order valence-electron chi connectivity index (χ1n) is 7.90. The van der Waals surface area contributed by atoms with Gasteiger partial charge in [-0.25, -0.2) is 0 Å². The second-order valence-corrected chi connectivity index (χ2v) is 5.87. The Morgan fingerprint density at radius 3 is 2.36 bits per heavy atom. The molecule has 1 aliphatic rings. The summed E-state index contributed by atoms with van der Waals surface area (Å²) in [6, 6.07) is 20.7. The van der Waals surface area contributed by atoms with Crippen LogP contribution in [0.3, 0.4) is 0 Å². The lowest BCUT2D eigenvalue weighted by atomic mass is 9.96. The van der Waals surface area contributed by atoms with Crippen LogP contribution in [0.1, 0.15) is 17.2 Å². The Kier molecular flexibility index (Phi) is 5.22. The summed E-state index contributed by atoms with van der Waals surface area (Å²) in [7, 11) is 0. The molecule has 0 spiro atoms. The molecule has 1 heterocycles. The van der Waals surface area contributed by atoms with E-state index in [0.29, 0.717) is 6.61 Å². The van der Waals surface area contributed by atoms with E-state index >= 15 is 0 Å². The summed E-state index contributed by atoms with van der Waals surface area (Å²) in [6.07, 6.45) is -0.0213. The van der Waals surface area contributed by atoms with Crippen molar-refractivity contribution >= 4 is 0 Å². The van der Waals surface area contributed by atoms with Crippen molar-refractivity contribution in [3.05, 3.63) is 71.8 Å². The van der Waals surface area contributed by atoms with Crippen LogP contribution >= 0.6 is 0 Å². The van der Waals surface area contributed by atoms with Crippen molar-refractivity contribution in [2.24, 2.45) is 5.92 Å². The van der Waals surface area contributed by atoms with Crippen molar-refractivity contribution in [3.63, 3.8) is 0 Å². The summed E-state index contributed by atoms with van der Waals surface area (Å²) in [5.41, 5.74) is 2.46. The first-order valence-corrected chi connectivity index (χ1v) is 7.90. The Labute approximate surface area is 132 Å². The number of ether oxygens (including phenoxy) is 1. The van der Waals surface area contributed by atoms with Crippen molar-refractivity contribution in [2.45, 2.75) is 12.6 Å². The molecular formula is C19H23NO2. The summed E-state index contributed by atoms with van der Waals surface area (Å²) >= 11 is 0. The third kappa shape index (κ3) is 3.74. The van der Waals surface area contributed by atoms with Crippen molar-refractivity contribution in [1.82, 2.24) is 4.90 Å². The van der Waals surface area contributed by atoms with Gasteiger partial charge in [-0.05, 0) is 11.1 Å². The molecule has 1 aliphatic heterocycles. The van der Waals surface area contributed by atoms with Gasteiger partial charge in [0.1, 0.15) is 0 Å². The molecule has 1 fully saturated rings. The number of aliphatic hydroxyl groups excluding tert-OH is 1. The number of hydrogen-bond donors (Lipinski definition) is 1. The van der Waals surface area contributed by atoms with Crippen molar-refractivity contribution in [1.29, 1.82) is 0 Å². The lowest BCUT2D eigenvalue weighted by Crippen LogP contribution is -2.31. The maximum Gasteiger partial charge on any atom is 0.0887 e. The average molecular weight is 297 g/mol. The maximum atomic E-state index is 9.82. The van der Waals surface area contributed by atoms with Gasteiger partial charge in [0.2, 0.25) is 0 Å². The quantitative estimate of drug-likeness (QED) is 0.942. The number of hydrogen-bond acceptors (Lipinski definition) is 3. The van der Waals surface area contributed by atoms with Gasteiger partial charge in [-0.2, -0.15) is 0 Å². The molecule has 116 valence electrons. The minimum absolute atomic E-state index is 0.0213. The summed E-state index contributed by atoms with van der Waals surface area (Å²) < 4.78 is 6.06. The predicted molar refractivity (Wildman–Crippen MR) is 87.4 cm³/mol. The van der Waals surface area contributed by atoms with E-state index in [0.717, 1.165) is 25.2 Å². The SMILES string of the molecule is OC[C@H]1CN(Cc2ccccc2)CCOC1c1ccccc1. The topological polar surface area (TPSA) is 32.7 Å². The second kappa shape index (κ2) is 7.54. The zero-order chi connectivity index (χ0) is 15.2. The van der Waals surface area contributed by atoms with E-state index in [1.807, 2.05) is 24.3 Å². The van der Waals surface area contributed by atoms with E-state index in [9.17, 15) is 5.11 Å². The van der Waals surface area contributed by atoms with Crippen LogP contribution in [0.5, 0.6) is 0 Å². The average Bonchev–Trinajstić information content (AvgIpc) is 2.78. The molecule has 2 aromatic rings. The minimum atomic E-state index is -0.0213. The molecule has 0 bridgehead atoms. The summed E-state index contributed by atoms with van der Waals surface area (Å²) in [4.78, 5) is 2.37. The van der Waals surface area contributed by atoms with Crippen LogP contribution < -0.4 is 0 Å². The van der Waals surface area contributed by atoms with Gasteiger partial charge in [-0.1, -0.05) is 60.7 Å². The fraction of sp³-hybridized carbons (Fsp3) is 0.368. The van der Waals surface area contributed by atoms with Gasteiger partial charge in [-0.3, -0.25) is 4.90 Å². The zero-order valence-electron chi connectivity index (χ0n) is 12.8. The van der Waals surface area contributed by atoms with E-state index in [4.69, 9.17) is 4.74 Å². The molecule has 0 saturated carbocycles. The highest BCUT2D eigenvalue weighted by Gasteiger charge is 2.28. The van der Waals surface area contributed by atoms with Crippen LogP contribution in [0.25, 0.3) is 0 Å². The van der Waals surface area contributed by atoms with E-state index in [2.05, 4.69) is 41.3 Å². The molecule has 3 rings (SSSR count). The van der Waals surface area contributed by atoms with Crippen LogP contribution in [0.15, 0.2) is 60.7 Å². The van der Waals surface area contributed by atoms with Crippen molar-refractivity contribution < 1.29 is 9.84 Å². The molecule has 3 nitrogen and oxygen atoms in total. The number of nitrogens with zero attached hydrogens (tertiary/aromatic N) is 1. The third-order valence-electron chi connectivity index (χ3n) is 4.24. The molecule has 0 aliphatic carbocycles. The van der Waals surface area contributed by atoms with Gasteiger partial charge in [0.15, 0.2) is 0 Å². The fourth-order valence-electron chi connectivity index (χ4n) is 3.11. The second-order valence-electron chi connectivity index (χ2n) is 5.87. The van der Waals surface area contributed by atoms with Gasteiger partial charge in [0, 0.05) is 32.2 Å². The van der Waals surface area contributed by atoms with Gasteiger partial charge in [0.25, 0.3) is 0 Å². The highest BCUT2D eigenvalue weighted by atomic mass is 16.5. The molecule has 0 amide bonds. The van der Waals surface area contributed by atoms with Gasteiger partial charge in [0.05, 0.1) is 12.7 Å². The minimum Gasteiger partial charge on any atom is -0.396 e. The van der Waals surface area contributed by atoms with Gasteiger partial charge < -0.3 is 9.84 Å². The highest BCUT2D eigenvalue weighted by molar-refractivity contribution is 5.19. The largest absolute Gasteiger partial charge is 0.396 e. The molecule has 1 unspecified atom stereocenters. The Morgan fingerprint density at radius 1 is 1.00 bits per heavy atom. The fourth-order valence-corrected chi connectivity index (χ4v) is 3.11. The molecule has 1 saturated heterocycles. The third-order valence-corrected chi connectivity index (χ3v) is 4.24. The molecule has 3 heteroatoms. The number of benzene rings is 2. The van der Waals surface area contributed by atoms with Crippen LogP contribution in [0.4, 0.5) is 0 Å². The first kappa shape index (κ1) is 15.2. The lowest BCUT2D eigenvalue weighted by molar-refractivity contribution is 0.0113. The Bertz CT molecular complexity index is 558. The summed E-state index contributed by atoms with van der Waals surface area (Å²) in [6.45, 7) is 3.50. The van der Waals surface area contributed by atoms with Crippen molar-refractivity contribution in [2.75, 3.05) is 26.3 Å². The highest BCUT2D eigenvalue weighted by Crippen LogP contribution is 2.29. The summed E-state index contributed by atoms with van der Waals surface area (Å²) in [5, 5.41) is 9.82. The molecule has 1 N–H and O–H groups in total. The Balaban J connectivity index is 1.71. The number of rotatable bonds is 4. The first-order chi connectivity index (χ1) is 10.9. The Morgan fingerprint density at radius 2 is 1.68 bits per heavy atom. The molecular weight excluding hydrogens is 274 g/mol. The normalized spacial score (nSPS) is 23.1. The van der Waals surface area contributed by atoms with Crippen LogP contribution in [-0.2, 0) is 11.3 Å². The van der Waals surface area contributed by atoms with E-state index in [1.54, 1.807) is 0 Å². The number of aliphatic hydroxyl groups is 1. The summed E-state index contributed by atoms with van der Waals surface area (Å²) in [5.74, 6) is 0.105. The van der Waals surface area contributed by atoms with E-state index < -0.39 is 0 Å². The molecule has 2 atom stereocenters. The monoisotopic (exact) mass is 297 g/mol. The van der Waals surface area contributed by atoms with Crippen molar-refractivity contribution in [3.8, 4) is 0 Å². The van der Waals surface area contributed by atoms with Crippen LogP contribution in [-0.4, -0.2) is 36.3 Å². The predicted octanol–water partition coefficient (Wildman–Crippen LogP) is 2.87. The molecule has 22 heavy (non-hydrogen) atoms. The van der Waals surface area contributed by atoms with Gasteiger partial charge >= 0.3 is 0 Å². The van der Waals surface area contributed by atoms with Crippen LogP contribution in [0.2, 0.25) is 0 Å².